The summed E-state index contributed by atoms with van der Waals surface area (Å²) >= 11 is 2.23. The number of halogens is 1. The lowest BCUT2D eigenvalue weighted by atomic mass is 10.2. The molecule has 0 aliphatic carbocycles. The van der Waals surface area contributed by atoms with E-state index in [2.05, 4.69) is 34.5 Å². The second kappa shape index (κ2) is 8.29. The van der Waals surface area contributed by atoms with Gasteiger partial charge in [-0.25, -0.2) is 9.79 Å². The van der Waals surface area contributed by atoms with Crippen molar-refractivity contribution >= 4 is 40.5 Å². The van der Waals surface area contributed by atoms with Gasteiger partial charge in [0.1, 0.15) is 5.75 Å². The van der Waals surface area contributed by atoms with E-state index in [0.29, 0.717) is 18.2 Å². The SMILES string of the molecule is CCCCOc1ccc(C=C2N=C(c3ccc(I)cc3)OC2=O)cc1. The van der Waals surface area contributed by atoms with Gasteiger partial charge in [0.25, 0.3) is 0 Å². The molecular formula is C20H18INO3. The van der Waals surface area contributed by atoms with E-state index in [0.717, 1.165) is 33.3 Å². The maximum atomic E-state index is 12.0. The fourth-order valence-electron chi connectivity index (χ4n) is 2.28. The minimum atomic E-state index is -0.433. The Kier molecular flexibility index (Phi) is 5.86. The van der Waals surface area contributed by atoms with Gasteiger partial charge in [-0.1, -0.05) is 25.5 Å². The maximum Gasteiger partial charge on any atom is 0.363 e. The van der Waals surface area contributed by atoms with E-state index in [1.807, 2.05) is 48.5 Å². The summed E-state index contributed by atoms with van der Waals surface area (Å²) in [4.78, 5) is 16.4. The lowest BCUT2D eigenvalue weighted by molar-refractivity contribution is -0.129. The summed E-state index contributed by atoms with van der Waals surface area (Å²) in [6.07, 6.45) is 3.86. The van der Waals surface area contributed by atoms with Crippen LogP contribution in [0.1, 0.15) is 30.9 Å². The number of hydrogen-bond donors (Lipinski definition) is 0. The Hall–Kier alpha value is -2.15. The summed E-state index contributed by atoms with van der Waals surface area (Å²) in [5, 5.41) is 0. The molecule has 128 valence electrons. The molecule has 0 spiro atoms. The molecule has 0 saturated heterocycles. The van der Waals surface area contributed by atoms with Crippen molar-refractivity contribution in [1.82, 2.24) is 0 Å². The van der Waals surface area contributed by atoms with Gasteiger partial charge in [0.2, 0.25) is 5.90 Å². The zero-order valence-electron chi connectivity index (χ0n) is 13.9. The number of ether oxygens (including phenoxy) is 2. The zero-order valence-corrected chi connectivity index (χ0v) is 16.0. The molecule has 1 aliphatic rings. The largest absolute Gasteiger partial charge is 0.494 e. The highest BCUT2D eigenvalue weighted by Gasteiger charge is 2.23. The molecule has 2 aromatic rings. The molecule has 3 rings (SSSR count). The van der Waals surface area contributed by atoms with Gasteiger partial charge in [-0.15, -0.1) is 0 Å². The van der Waals surface area contributed by atoms with Crippen molar-refractivity contribution in [2.45, 2.75) is 19.8 Å². The van der Waals surface area contributed by atoms with E-state index in [-0.39, 0.29) is 0 Å². The Morgan fingerprint density at radius 1 is 1.12 bits per heavy atom. The summed E-state index contributed by atoms with van der Waals surface area (Å²) in [6.45, 7) is 2.84. The molecule has 0 fully saturated rings. The van der Waals surface area contributed by atoms with Gasteiger partial charge >= 0.3 is 5.97 Å². The van der Waals surface area contributed by atoms with Crippen LogP contribution in [0.2, 0.25) is 0 Å². The van der Waals surface area contributed by atoms with Gasteiger partial charge in [-0.3, -0.25) is 0 Å². The molecule has 1 aliphatic heterocycles. The van der Waals surface area contributed by atoms with E-state index < -0.39 is 5.97 Å². The Morgan fingerprint density at radius 3 is 2.52 bits per heavy atom. The number of carbonyl (C=O) groups is 1. The van der Waals surface area contributed by atoms with Crippen LogP contribution in [0.5, 0.6) is 5.75 Å². The minimum absolute atomic E-state index is 0.299. The molecule has 25 heavy (non-hydrogen) atoms. The molecule has 0 N–H and O–H groups in total. The smallest absolute Gasteiger partial charge is 0.363 e. The topological polar surface area (TPSA) is 47.9 Å². The van der Waals surface area contributed by atoms with Crippen LogP contribution in [0.3, 0.4) is 0 Å². The summed E-state index contributed by atoms with van der Waals surface area (Å²) in [5.74, 6) is 0.733. The number of nitrogens with zero attached hydrogens (tertiary/aromatic N) is 1. The van der Waals surface area contributed by atoms with Crippen LogP contribution in [-0.2, 0) is 9.53 Å². The molecular weight excluding hydrogens is 429 g/mol. The first-order chi connectivity index (χ1) is 12.2. The first-order valence-electron chi connectivity index (χ1n) is 8.17. The van der Waals surface area contributed by atoms with Crippen LogP contribution in [0, 0.1) is 3.57 Å². The molecule has 0 aromatic heterocycles. The molecule has 4 nitrogen and oxygen atoms in total. The number of unbranched alkanes of at least 4 members (excludes halogenated alkanes) is 1. The van der Waals surface area contributed by atoms with Crippen molar-refractivity contribution < 1.29 is 14.3 Å². The zero-order chi connectivity index (χ0) is 17.6. The normalized spacial score (nSPS) is 15.2. The highest BCUT2D eigenvalue weighted by molar-refractivity contribution is 14.1. The summed E-state index contributed by atoms with van der Waals surface area (Å²) in [7, 11) is 0. The lowest BCUT2D eigenvalue weighted by Gasteiger charge is -2.05. The average molecular weight is 447 g/mol. The first-order valence-corrected chi connectivity index (χ1v) is 9.25. The van der Waals surface area contributed by atoms with Crippen molar-refractivity contribution in [2.75, 3.05) is 6.61 Å². The van der Waals surface area contributed by atoms with Crippen molar-refractivity contribution in [3.8, 4) is 5.75 Å². The Balaban J connectivity index is 1.74. The summed E-state index contributed by atoms with van der Waals surface area (Å²) in [5.41, 5.74) is 1.97. The van der Waals surface area contributed by atoms with E-state index in [4.69, 9.17) is 9.47 Å². The van der Waals surface area contributed by atoms with E-state index in [1.54, 1.807) is 6.08 Å². The number of rotatable bonds is 6. The van der Waals surface area contributed by atoms with Gasteiger partial charge < -0.3 is 9.47 Å². The number of aliphatic imine (C=N–C) groups is 1. The number of cyclic esters (lactones) is 1. The third kappa shape index (κ3) is 4.69. The van der Waals surface area contributed by atoms with Gasteiger partial charge in [0, 0.05) is 9.13 Å². The maximum absolute atomic E-state index is 12.0. The minimum Gasteiger partial charge on any atom is -0.494 e. The van der Waals surface area contributed by atoms with Crippen LogP contribution in [-0.4, -0.2) is 18.5 Å². The molecule has 2 aromatic carbocycles. The molecule has 0 atom stereocenters. The molecule has 0 saturated carbocycles. The monoisotopic (exact) mass is 447 g/mol. The lowest BCUT2D eigenvalue weighted by Crippen LogP contribution is -2.05. The number of esters is 1. The molecule has 0 bridgehead atoms. The number of benzene rings is 2. The van der Waals surface area contributed by atoms with Crippen LogP contribution in [0.4, 0.5) is 0 Å². The predicted octanol–water partition coefficient (Wildman–Crippen LogP) is 4.81. The van der Waals surface area contributed by atoms with Crippen LogP contribution in [0.15, 0.2) is 59.2 Å². The predicted molar refractivity (Wildman–Crippen MR) is 107 cm³/mol. The van der Waals surface area contributed by atoms with Crippen molar-refractivity contribution in [2.24, 2.45) is 4.99 Å². The fourth-order valence-corrected chi connectivity index (χ4v) is 2.64. The summed E-state index contributed by atoms with van der Waals surface area (Å²) < 4.78 is 12.0. The van der Waals surface area contributed by atoms with E-state index in [9.17, 15) is 4.79 Å². The van der Waals surface area contributed by atoms with Gasteiger partial charge in [0.15, 0.2) is 5.70 Å². The van der Waals surface area contributed by atoms with Crippen LogP contribution >= 0.6 is 22.6 Å². The number of hydrogen-bond acceptors (Lipinski definition) is 4. The standard InChI is InChI=1S/C20H18INO3/c1-2-3-12-24-17-10-4-14(5-11-17)13-18-20(23)25-19(22-18)15-6-8-16(21)9-7-15/h4-11,13H,2-3,12H2,1H3. The third-order valence-corrected chi connectivity index (χ3v) is 4.38. The number of carbonyl (C=O) groups excluding carboxylic acids is 1. The molecule has 5 heteroatoms. The Labute approximate surface area is 160 Å². The quantitative estimate of drug-likeness (QED) is 0.276. The molecule has 0 amide bonds. The summed E-state index contributed by atoms with van der Waals surface area (Å²) in [6, 6.07) is 15.3. The van der Waals surface area contributed by atoms with Gasteiger partial charge in [0.05, 0.1) is 6.61 Å². The highest BCUT2D eigenvalue weighted by Crippen LogP contribution is 2.21. The van der Waals surface area contributed by atoms with Crippen LogP contribution in [0.25, 0.3) is 6.08 Å². The van der Waals surface area contributed by atoms with E-state index in [1.165, 1.54) is 0 Å². The Bertz CT molecular complexity index is 808. The van der Waals surface area contributed by atoms with Crippen molar-refractivity contribution in [3.63, 3.8) is 0 Å². The molecule has 0 radical (unpaired) electrons. The van der Waals surface area contributed by atoms with Crippen molar-refractivity contribution in [3.05, 3.63) is 68.9 Å². The average Bonchev–Trinajstić information content (AvgIpc) is 2.98. The third-order valence-electron chi connectivity index (χ3n) is 3.66. The fraction of sp³-hybridized carbons (Fsp3) is 0.200. The molecule has 1 heterocycles. The van der Waals surface area contributed by atoms with Gasteiger partial charge in [-0.05, 0) is 77.0 Å². The Morgan fingerprint density at radius 2 is 1.84 bits per heavy atom. The van der Waals surface area contributed by atoms with E-state index >= 15 is 0 Å². The molecule has 0 unspecified atom stereocenters. The highest BCUT2D eigenvalue weighted by atomic mass is 127. The van der Waals surface area contributed by atoms with Crippen molar-refractivity contribution in [1.29, 1.82) is 0 Å². The van der Waals surface area contributed by atoms with Crippen LogP contribution < -0.4 is 4.74 Å². The van der Waals surface area contributed by atoms with Gasteiger partial charge in [-0.2, -0.15) is 0 Å². The second-order valence-electron chi connectivity index (χ2n) is 5.61. The second-order valence-corrected chi connectivity index (χ2v) is 6.86. The first kappa shape index (κ1) is 17.7.